The van der Waals surface area contributed by atoms with Gasteiger partial charge < -0.3 is 15.5 Å². The van der Waals surface area contributed by atoms with Crippen molar-refractivity contribution in [2.75, 3.05) is 6.54 Å². The van der Waals surface area contributed by atoms with Crippen LogP contribution in [0.4, 0.5) is 0 Å². The van der Waals surface area contributed by atoms with Crippen LogP contribution in [0, 0.1) is 0 Å². The summed E-state index contributed by atoms with van der Waals surface area (Å²) in [5.74, 6) is -0.222. The third-order valence-corrected chi connectivity index (χ3v) is 3.96. The molecule has 1 saturated carbocycles. The number of nitrogens with one attached hydrogen (secondary N) is 1. The molecule has 4 nitrogen and oxygen atoms in total. The minimum Gasteiger partial charge on any atom is -0.388 e. The van der Waals surface area contributed by atoms with Crippen molar-refractivity contribution in [1.82, 2.24) is 5.32 Å². The Bertz CT molecular complexity index is 427. The van der Waals surface area contributed by atoms with Crippen LogP contribution in [0.5, 0.6) is 0 Å². The summed E-state index contributed by atoms with van der Waals surface area (Å²) in [7, 11) is 0. The standard InChI is InChI=1S/C16H23NO3/c18-14(13-7-3-1-4-8-13)11-15(19)17-12-16(20)9-5-2-6-10-16/h1,3-4,7-8,14,18,20H,2,5-6,9-12H2,(H,17,19). The van der Waals surface area contributed by atoms with Gasteiger partial charge in [-0.25, -0.2) is 0 Å². The minimum atomic E-state index is -0.794. The van der Waals surface area contributed by atoms with E-state index in [9.17, 15) is 15.0 Å². The van der Waals surface area contributed by atoms with Crippen LogP contribution in [0.2, 0.25) is 0 Å². The highest BCUT2D eigenvalue weighted by molar-refractivity contribution is 5.76. The van der Waals surface area contributed by atoms with Crippen molar-refractivity contribution in [1.29, 1.82) is 0 Å². The van der Waals surface area contributed by atoms with Gasteiger partial charge >= 0.3 is 0 Å². The topological polar surface area (TPSA) is 69.6 Å². The van der Waals surface area contributed by atoms with E-state index in [0.717, 1.165) is 37.7 Å². The first-order valence-corrected chi connectivity index (χ1v) is 7.31. The number of aliphatic hydroxyl groups is 2. The normalized spacial score (nSPS) is 19.3. The number of rotatable bonds is 5. The molecular weight excluding hydrogens is 254 g/mol. The largest absolute Gasteiger partial charge is 0.388 e. The quantitative estimate of drug-likeness (QED) is 0.770. The zero-order valence-corrected chi connectivity index (χ0v) is 11.7. The lowest BCUT2D eigenvalue weighted by molar-refractivity contribution is -0.124. The fraction of sp³-hybridized carbons (Fsp3) is 0.562. The molecule has 0 heterocycles. The van der Waals surface area contributed by atoms with Gasteiger partial charge in [0.15, 0.2) is 0 Å². The average Bonchev–Trinajstić information content (AvgIpc) is 2.47. The van der Waals surface area contributed by atoms with E-state index in [2.05, 4.69) is 5.32 Å². The van der Waals surface area contributed by atoms with E-state index in [1.165, 1.54) is 0 Å². The van der Waals surface area contributed by atoms with Gasteiger partial charge in [0.25, 0.3) is 0 Å². The third-order valence-electron chi connectivity index (χ3n) is 3.96. The highest BCUT2D eigenvalue weighted by Gasteiger charge is 2.29. The molecule has 0 saturated heterocycles. The van der Waals surface area contributed by atoms with Gasteiger partial charge in [-0.15, -0.1) is 0 Å². The summed E-state index contributed by atoms with van der Waals surface area (Å²) in [6.45, 7) is 0.285. The Morgan fingerprint density at radius 2 is 1.85 bits per heavy atom. The first-order valence-electron chi connectivity index (χ1n) is 7.31. The Morgan fingerprint density at radius 1 is 1.20 bits per heavy atom. The van der Waals surface area contributed by atoms with E-state index in [1.54, 1.807) is 12.1 Å². The van der Waals surface area contributed by atoms with Crippen LogP contribution in [-0.4, -0.2) is 28.3 Å². The maximum Gasteiger partial charge on any atom is 0.223 e. The van der Waals surface area contributed by atoms with E-state index in [1.807, 2.05) is 18.2 Å². The lowest BCUT2D eigenvalue weighted by Gasteiger charge is -2.32. The number of carbonyl (C=O) groups is 1. The Morgan fingerprint density at radius 3 is 2.50 bits per heavy atom. The lowest BCUT2D eigenvalue weighted by atomic mass is 9.85. The van der Waals surface area contributed by atoms with Gasteiger partial charge in [-0.2, -0.15) is 0 Å². The first-order chi connectivity index (χ1) is 9.59. The number of hydrogen-bond acceptors (Lipinski definition) is 3. The van der Waals surface area contributed by atoms with Gasteiger partial charge in [-0.3, -0.25) is 4.79 Å². The van der Waals surface area contributed by atoms with Crippen molar-refractivity contribution in [3.8, 4) is 0 Å². The number of aliphatic hydroxyl groups excluding tert-OH is 1. The van der Waals surface area contributed by atoms with Crippen molar-refractivity contribution in [2.45, 2.75) is 50.2 Å². The molecule has 1 fully saturated rings. The maximum absolute atomic E-state index is 11.8. The molecule has 1 amide bonds. The molecule has 0 aromatic heterocycles. The molecule has 1 unspecified atom stereocenters. The molecule has 1 aromatic rings. The van der Waals surface area contributed by atoms with Crippen LogP contribution in [0.3, 0.4) is 0 Å². The molecular formula is C16H23NO3. The summed E-state index contributed by atoms with van der Waals surface area (Å²) < 4.78 is 0. The smallest absolute Gasteiger partial charge is 0.223 e. The molecule has 0 aliphatic heterocycles. The molecule has 1 aliphatic carbocycles. The molecule has 1 aliphatic rings. The second-order valence-corrected chi connectivity index (χ2v) is 5.69. The van der Waals surface area contributed by atoms with Crippen molar-refractivity contribution in [3.63, 3.8) is 0 Å². The van der Waals surface area contributed by atoms with Crippen LogP contribution in [0.25, 0.3) is 0 Å². The summed E-state index contributed by atoms with van der Waals surface area (Å²) >= 11 is 0. The summed E-state index contributed by atoms with van der Waals surface area (Å²) in [5.41, 5.74) is -0.0231. The van der Waals surface area contributed by atoms with E-state index in [-0.39, 0.29) is 18.9 Å². The van der Waals surface area contributed by atoms with Gasteiger partial charge in [0, 0.05) is 6.54 Å². The molecule has 1 aromatic carbocycles. The highest BCUT2D eigenvalue weighted by Crippen LogP contribution is 2.27. The molecule has 110 valence electrons. The molecule has 4 heteroatoms. The van der Waals surface area contributed by atoms with Gasteiger partial charge in [-0.1, -0.05) is 49.6 Å². The zero-order valence-electron chi connectivity index (χ0n) is 11.7. The predicted octanol–water partition coefficient (Wildman–Crippen LogP) is 1.92. The lowest BCUT2D eigenvalue weighted by Crippen LogP contribution is -2.44. The van der Waals surface area contributed by atoms with Crippen LogP contribution >= 0.6 is 0 Å². The summed E-state index contributed by atoms with van der Waals surface area (Å²) in [6.07, 6.45) is 3.90. The van der Waals surface area contributed by atoms with Gasteiger partial charge in [-0.05, 0) is 18.4 Å². The van der Waals surface area contributed by atoms with Gasteiger partial charge in [0.1, 0.15) is 0 Å². The summed E-state index contributed by atoms with van der Waals surface area (Å²) in [5, 5.41) is 23.0. The van der Waals surface area contributed by atoms with E-state index < -0.39 is 11.7 Å². The predicted molar refractivity (Wildman–Crippen MR) is 77.1 cm³/mol. The van der Waals surface area contributed by atoms with Gasteiger partial charge in [0.2, 0.25) is 5.91 Å². The second kappa shape index (κ2) is 6.86. The van der Waals surface area contributed by atoms with Crippen molar-refractivity contribution >= 4 is 5.91 Å². The minimum absolute atomic E-state index is 0.0279. The number of benzene rings is 1. The SMILES string of the molecule is O=C(CC(O)c1ccccc1)NCC1(O)CCCCC1. The molecule has 2 rings (SSSR count). The molecule has 0 bridgehead atoms. The molecule has 20 heavy (non-hydrogen) atoms. The number of amides is 1. The zero-order chi connectivity index (χ0) is 14.4. The Hall–Kier alpha value is -1.39. The van der Waals surface area contributed by atoms with Crippen molar-refractivity contribution in [3.05, 3.63) is 35.9 Å². The average molecular weight is 277 g/mol. The fourth-order valence-corrected chi connectivity index (χ4v) is 2.69. The van der Waals surface area contributed by atoms with Gasteiger partial charge in [0.05, 0.1) is 18.1 Å². The Labute approximate surface area is 119 Å². The molecule has 1 atom stereocenters. The maximum atomic E-state index is 11.8. The third kappa shape index (κ3) is 4.32. The molecule has 3 N–H and O–H groups in total. The van der Waals surface area contributed by atoms with Crippen molar-refractivity contribution < 1.29 is 15.0 Å². The first kappa shape index (κ1) is 15.0. The van der Waals surface area contributed by atoms with Crippen molar-refractivity contribution in [2.24, 2.45) is 0 Å². The van der Waals surface area contributed by atoms with E-state index >= 15 is 0 Å². The van der Waals surface area contributed by atoms with Crippen LogP contribution < -0.4 is 5.32 Å². The van der Waals surface area contributed by atoms with Crippen LogP contribution in [0.15, 0.2) is 30.3 Å². The van der Waals surface area contributed by atoms with Crippen LogP contribution in [0.1, 0.15) is 50.2 Å². The highest BCUT2D eigenvalue weighted by atomic mass is 16.3. The molecule has 0 spiro atoms. The monoisotopic (exact) mass is 277 g/mol. The second-order valence-electron chi connectivity index (χ2n) is 5.69. The number of hydrogen-bond donors (Lipinski definition) is 3. The number of carbonyl (C=O) groups excluding carboxylic acids is 1. The Kier molecular flexibility index (Phi) is 5.15. The fourth-order valence-electron chi connectivity index (χ4n) is 2.69. The summed E-state index contributed by atoms with van der Waals surface area (Å²) in [4.78, 5) is 11.8. The van der Waals surface area contributed by atoms with E-state index in [0.29, 0.717) is 0 Å². The van der Waals surface area contributed by atoms with Crippen LogP contribution in [-0.2, 0) is 4.79 Å². The molecule has 0 radical (unpaired) electrons. The van der Waals surface area contributed by atoms with E-state index in [4.69, 9.17) is 0 Å². The summed E-state index contributed by atoms with van der Waals surface area (Å²) in [6, 6.07) is 9.14. The Balaban J connectivity index is 1.78.